The minimum absolute atomic E-state index is 0.146. The summed E-state index contributed by atoms with van der Waals surface area (Å²) in [7, 11) is 0. The van der Waals surface area contributed by atoms with Crippen LogP contribution < -0.4 is 5.32 Å². The van der Waals surface area contributed by atoms with E-state index < -0.39 is 0 Å². The van der Waals surface area contributed by atoms with Gasteiger partial charge in [0, 0.05) is 15.4 Å². The van der Waals surface area contributed by atoms with Crippen molar-refractivity contribution in [1.29, 1.82) is 0 Å². The zero-order valence-corrected chi connectivity index (χ0v) is 14.5. The molecule has 0 radical (unpaired) electrons. The first kappa shape index (κ1) is 16.0. The van der Waals surface area contributed by atoms with Crippen LogP contribution in [0.4, 0.5) is 4.39 Å². The van der Waals surface area contributed by atoms with E-state index in [-0.39, 0.29) is 11.9 Å². The van der Waals surface area contributed by atoms with Crippen LogP contribution in [-0.2, 0) is 6.42 Å². The molecule has 1 nitrogen and oxygen atoms in total. The molecule has 5 heteroatoms. The molecule has 0 spiro atoms. The predicted octanol–water partition coefficient (Wildman–Crippen LogP) is 5.50. The number of benzene rings is 1. The van der Waals surface area contributed by atoms with Crippen LogP contribution in [0, 0.1) is 12.7 Å². The van der Waals surface area contributed by atoms with Crippen molar-refractivity contribution in [2.24, 2.45) is 0 Å². The minimum atomic E-state index is -0.231. The molecule has 2 rings (SSSR count). The van der Waals surface area contributed by atoms with Crippen LogP contribution in [0.3, 0.4) is 0 Å². The van der Waals surface area contributed by atoms with Crippen molar-refractivity contribution in [3.05, 3.63) is 54.9 Å². The third kappa shape index (κ3) is 3.61. The Hall–Kier alpha value is -0.420. The predicted molar refractivity (Wildman–Crippen MR) is 88.3 cm³/mol. The van der Waals surface area contributed by atoms with Crippen molar-refractivity contribution in [3.8, 4) is 0 Å². The molecule has 1 aromatic heterocycles. The number of thiophene rings is 1. The molecule has 108 valence electrons. The number of halogens is 3. The van der Waals surface area contributed by atoms with Gasteiger partial charge in [-0.3, -0.25) is 0 Å². The van der Waals surface area contributed by atoms with Gasteiger partial charge in [-0.2, -0.15) is 0 Å². The molecule has 1 aromatic carbocycles. The second kappa shape index (κ2) is 7.03. The van der Waals surface area contributed by atoms with Crippen molar-refractivity contribution in [3.63, 3.8) is 0 Å². The van der Waals surface area contributed by atoms with Gasteiger partial charge in [0.1, 0.15) is 5.82 Å². The minimum Gasteiger partial charge on any atom is -0.309 e. The lowest BCUT2D eigenvalue weighted by atomic mass is 10.0. The van der Waals surface area contributed by atoms with E-state index in [2.05, 4.69) is 33.6 Å². The van der Waals surface area contributed by atoms with Crippen LogP contribution in [0.2, 0.25) is 5.02 Å². The maximum absolute atomic E-state index is 13.2. The average molecular weight is 377 g/mol. The Morgan fingerprint density at radius 2 is 2.20 bits per heavy atom. The molecule has 0 bridgehead atoms. The first-order chi connectivity index (χ1) is 9.52. The Morgan fingerprint density at radius 3 is 2.75 bits per heavy atom. The van der Waals surface area contributed by atoms with Crippen LogP contribution in [0.15, 0.2) is 28.1 Å². The molecule has 20 heavy (non-hydrogen) atoms. The largest absolute Gasteiger partial charge is 0.309 e. The van der Waals surface area contributed by atoms with E-state index >= 15 is 0 Å². The van der Waals surface area contributed by atoms with Gasteiger partial charge >= 0.3 is 0 Å². The Labute approximate surface area is 136 Å². The number of rotatable bonds is 5. The highest BCUT2D eigenvalue weighted by molar-refractivity contribution is 9.10. The molecule has 2 aromatic rings. The molecule has 0 fully saturated rings. The van der Waals surface area contributed by atoms with Crippen LogP contribution in [0.5, 0.6) is 0 Å². The van der Waals surface area contributed by atoms with E-state index in [1.54, 1.807) is 11.3 Å². The van der Waals surface area contributed by atoms with Crippen LogP contribution in [-0.4, -0.2) is 6.54 Å². The van der Waals surface area contributed by atoms with Gasteiger partial charge in [0.2, 0.25) is 0 Å². The summed E-state index contributed by atoms with van der Waals surface area (Å²) in [6, 6.07) is 4.95. The molecule has 1 atom stereocenters. The summed E-state index contributed by atoms with van der Waals surface area (Å²) in [6.45, 7) is 4.94. The molecule has 1 unspecified atom stereocenters. The average Bonchev–Trinajstić information content (AvgIpc) is 2.73. The van der Waals surface area contributed by atoms with E-state index in [1.165, 1.54) is 12.1 Å². The number of hydrogen-bond acceptors (Lipinski definition) is 2. The van der Waals surface area contributed by atoms with E-state index in [0.717, 1.165) is 38.5 Å². The van der Waals surface area contributed by atoms with E-state index in [1.807, 2.05) is 13.0 Å². The smallest absolute Gasteiger partial charge is 0.124 e. The van der Waals surface area contributed by atoms with Gasteiger partial charge in [-0.15, -0.1) is 11.3 Å². The number of aryl methyl sites for hydroxylation is 1. The van der Waals surface area contributed by atoms with E-state index in [0.29, 0.717) is 0 Å². The summed E-state index contributed by atoms with van der Waals surface area (Å²) in [6.07, 6.45) is 0.772. The highest BCUT2D eigenvalue weighted by atomic mass is 79.9. The van der Waals surface area contributed by atoms with Crippen molar-refractivity contribution >= 4 is 38.9 Å². The van der Waals surface area contributed by atoms with Gasteiger partial charge < -0.3 is 5.32 Å². The van der Waals surface area contributed by atoms with Gasteiger partial charge in [-0.05, 0) is 48.5 Å². The molecule has 0 saturated heterocycles. The summed E-state index contributed by atoms with van der Waals surface area (Å²) in [5, 5.41) is 6.36. The van der Waals surface area contributed by atoms with Crippen LogP contribution >= 0.6 is 38.9 Å². The van der Waals surface area contributed by atoms with Crippen LogP contribution in [0.1, 0.15) is 29.0 Å². The fourth-order valence-electron chi connectivity index (χ4n) is 2.10. The van der Waals surface area contributed by atoms with E-state index in [4.69, 9.17) is 11.6 Å². The van der Waals surface area contributed by atoms with Gasteiger partial charge in [0.05, 0.1) is 5.02 Å². The van der Waals surface area contributed by atoms with Crippen molar-refractivity contribution in [2.75, 3.05) is 6.54 Å². The Balaban J connectivity index is 2.28. The van der Waals surface area contributed by atoms with Crippen molar-refractivity contribution in [1.82, 2.24) is 5.32 Å². The van der Waals surface area contributed by atoms with Crippen LogP contribution in [0.25, 0.3) is 0 Å². The summed E-state index contributed by atoms with van der Waals surface area (Å²) in [5.74, 6) is -0.231. The summed E-state index contributed by atoms with van der Waals surface area (Å²) in [4.78, 5) is 1.14. The monoisotopic (exact) mass is 375 g/mol. The zero-order chi connectivity index (χ0) is 14.7. The maximum atomic E-state index is 13.2. The van der Waals surface area contributed by atoms with Gasteiger partial charge in [-0.1, -0.05) is 40.5 Å². The third-order valence-electron chi connectivity index (χ3n) is 3.13. The second-order valence-electron chi connectivity index (χ2n) is 4.65. The first-order valence-corrected chi connectivity index (χ1v) is 8.48. The molecule has 0 aliphatic heterocycles. The molecule has 0 amide bonds. The zero-order valence-electron chi connectivity index (χ0n) is 11.3. The first-order valence-electron chi connectivity index (χ1n) is 6.43. The lowest BCUT2D eigenvalue weighted by Crippen LogP contribution is -2.22. The molecular weight excluding hydrogens is 361 g/mol. The topological polar surface area (TPSA) is 12.0 Å². The molecular formula is C15H16BrClFNS. The quantitative estimate of drug-likeness (QED) is 0.726. The molecule has 1 heterocycles. The number of nitrogens with one attached hydrogen (secondary N) is 1. The number of likely N-dealkylation sites (N-methyl/N-ethyl adjacent to an activating group) is 1. The fourth-order valence-corrected chi connectivity index (χ4v) is 4.01. The highest BCUT2D eigenvalue weighted by Gasteiger charge is 2.19. The summed E-state index contributed by atoms with van der Waals surface area (Å²) >= 11 is 11.5. The highest BCUT2D eigenvalue weighted by Crippen LogP contribution is 2.35. The molecule has 1 N–H and O–H groups in total. The lowest BCUT2D eigenvalue weighted by Gasteiger charge is -2.18. The Kier molecular flexibility index (Phi) is 5.61. The Bertz CT molecular complexity index is 600. The fraction of sp³-hybridized carbons (Fsp3) is 0.333. The lowest BCUT2D eigenvalue weighted by molar-refractivity contribution is 0.556. The summed E-state index contributed by atoms with van der Waals surface area (Å²) in [5.41, 5.74) is 2.17. The third-order valence-corrected chi connectivity index (χ3v) is 5.70. The SMILES string of the molecule is CCNC(Cc1ccc(F)cc1Br)c1scc(C)c1Cl. The molecule has 0 aliphatic carbocycles. The normalized spacial score (nSPS) is 12.7. The van der Waals surface area contributed by atoms with Crippen molar-refractivity contribution < 1.29 is 4.39 Å². The van der Waals surface area contributed by atoms with Gasteiger partial charge in [0.15, 0.2) is 0 Å². The maximum Gasteiger partial charge on any atom is 0.124 e. The van der Waals surface area contributed by atoms with Gasteiger partial charge in [-0.25, -0.2) is 4.39 Å². The Morgan fingerprint density at radius 1 is 1.45 bits per heavy atom. The van der Waals surface area contributed by atoms with Crippen molar-refractivity contribution in [2.45, 2.75) is 26.3 Å². The molecule has 0 saturated carbocycles. The summed E-state index contributed by atoms with van der Waals surface area (Å²) < 4.78 is 14.0. The van der Waals surface area contributed by atoms with Gasteiger partial charge in [0.25, 0.3) is 0 Å². The molecule has 0 aliphatic rings. The second-order valence-corrected chi connectivity index (χ2v) is 6.79. The number of hydrogen-bond donors (Lipinski definition) is 1. The van der Waals surface area contributed by atoms with E-state index in [9.17, 15) is 4.39 Å². The standard InChI is InChI=1S/C15H16BrClFNS/c1-3-19-13(15-14(17)9(2)8-20-15)6-10-4-5-11(18)7-12(10)16/h4-5,7-8,13,19H,3,6H2,1-2H3.